The Bertz CT molecular complexity index is 842. The predicted octanol–water partition coefficient (Wildman–Crippen LogP) is 2.91. The van der Waals surface area contributed by atoms with Gasteiger partial charge in [-0.25, -0.2) is 4.98 Å². The molecule has 3 aromatic rings. The molecule has 5 heteroatoms. The number of aromatic nitrogens is 3. The van der Waals surface area contributed by atoms with Crippen molar-refractivity contribution in [3.63, 3.8) is 0 Å². The van der Waals surface area contributed by atoms with E-state index in [9.17, 15) is 4.79 Å². The van der Waals surface area contributed by atoms with Crippen LogP contribution in [0.3, 0.4) is 0 Å². The van der Waals surface area contributed by atoms with E-state index in [-0.39, 0.29) is 5.56 Å². The van der Waals surface area contributed by atoms with Crippen LogP contribution < -0.4 is 5.56 Å². The molecule has 2 aromatic heterocycles. The molecule has 0 aliphatic carbocycles. The van der Waals surface area contributed by atoms with Gasteiger partial charge < -0.3 is 0 Å². The zero-order valence-corrected chi connectivity index (χ0v) is 12.5. The number of fused-ring (bicyclic) bond motifs is 1. The minimum absolute atomic E-state index is 0.0659. The minimum Gasteiger partial charge on any atom is -0.291 e. The van der Waals surface area contributed by atoms with Crippen molar-refractivity contribution in [1.29, 1.82) is 0 Å². The van der Waals surface area contributed by atoms with Gasteiger partial charge in [-0.15, -0.1) is 0 Å². The second-order valence-corrected chi connectivity index (χ2v) is 5.43. The van der Waals surface area contributed by atoms with Crippen molar-refractivity contribution in [2.24, 2.45) is 0 Å². The molecule has 4 nitrogen and oxygen atoms in total. The summed E-state index contributed by atoms with van der Waals surface area (Å²) < 4.78 is 2.13. The molecule has 1 aromatic carbocycles. The Morgan fingerprint density at radius 3 is 2.95 bits per heavy atom. The Hall–Kier alpha value is -2.01. The first kappa shape index (κ1) is 13.0. The largest absolute Gasteiger partial charge is 0.291 e. The van der Waals surface area contributed by atoms with E-state index in [1.807, 2.05) is 31.2 Å². The SMILES string of the molecule is Cc1ncc(Br)c(=O)n1Cc1ccc2ncccc2c1. The Morgan fingerprint density at radius 2 is 2.10 bits per heavy atom. The molecule has 0 spiro atoms. The minimum atomic E-state index is -0.0659. The van der Waals surface area contributed by atoms with Crippen molar-refractivity contribution in [1.82, 2.24) is 14.5 Å². The summed E-state index contributed by atoms with van der Waals surface area (Å²) in [5, 5.41) is 1.07. The van der Waals surface area contributed by atoms with E-state index in [0.29, 0.717) is 16.8 Å². The van der Waals surface area contributed by atoms with Crippen molar-refractivity contribution in [2.45, 2.75) is 13.5 Å². The maximum atomic E-state index is 12.1. The van der Waals surface area contributed by atoms with Crippen LogP contribution in [0.1, 0.15) is 11.4 Å². The molecule has 0 fully saturated rings. The number of rotatable bonds is 2. The fourth-order valence-electron chi connectivity index (χ4n) is 2.14. The molecule has 0 aliphatic heterocycles. The van der Waals surface area contributed by atoms with Gasteiger partial charge in [0.25, 0.3) is 5.56 Å². The molecule has 0 saturated heterocycles. The van der Waals surface area contributed by atoms with Crippen molar-refractivity contribution < 1.29 is 0 Å². The van der Waals surface area contributed by atoms with Gasteiger partial charge in [-0.1, -0.05) is 12.1 Å². The third kappa shape index (κ3) is 2.36. The summed E-state index contributed by atoms with van der Waals surface area (Å²) in [6.07, 6.45) is 3.31. The van der Waals surface area contributed by atoms with Crippen molar-refractivity contribution >= 4 is 26.8 Å². The second kappa shape index (κ2) is 5.17. The molecule has 2 heterocycles. The van der Waals surface area contributed by atoms with Gasteiger partial charge in [0, 0.05) is 17.8 Å². The van der Waals surface area contributed by atoms with Gasteiger partial charge in [-0.2, -0.15) is 0 Å². The molecule has 100 valence electrons. The number of aryl methyl sites for hydroxylation is 1. The zero-order chi connectivity index (χ0) is 14.1. The average molecular weight is 330 g/mol. The summed E-state index contributed by atoms with van der Waals surface area (Å²) in [6.45, 7) is 2.33. The number of pyridine rings is 1. The van der Waals surface area contributed by atoms with Crippen LogP contribution in [-0.2, 0) is 6.54 Å². The second-order valence-electron chi connectivity index (χ2n) is 4.58. The summed E-state index contributed by atoms with van der Waals surface area (Å²) in [7, 11) is 0. The van der Waals surface area contributed by atoms with Crippen LogP contribution in [0.25, 0.3) is 10.9 Å². The Kier molecular flexibility index (Phi) is 3.36. The van der Waals surface area contributed by atoms with Gasteiger partial charge in [0.2, 0.25) is 0 Å². The highest BCUT2D eigenvalue weighted by Crippen LogP contribution is 2.14. The summed E-state index contributed by atoms with van der Waals surface area (Å²) in [5.41, 5.74) is 1.94. The fourth-order valence-corrected chi connectivity index (χ4v) is 2.46. The van der Waals surface area contributed by atoms with Crippen LogP contribution in [0, 0.1) is 6.92 Å². The Morgan fingerprint density at radius 1 is 1.25 bits per heavy atom. The molecule has 0 N–H and O–H groups in total. The Balaban J connectivity index is 2.05. The first-order valence-electron chi connectivity index (χ1n) is 6.21. The lowest BCUT2D eigenvalue weighted by Gasteiger charge is -2.10. The van der Waals surface area contributed by atoms with E-state index in [1.54, 1.807) is 17.0 Å². The maximum Gasteiger partial charge on any atom is 0.268 e. The lowest BCUT2D eigenvalue weighted by molar-refractivity contribution is 0.696. The van der Waals surface area contributed by atoms with Crippen LogP contribution in [0.5, 0.6) is 0 Å². The first-order chi connectivity index (χ1) is 9.65. The van der Waals surface area contributed by atoms with Gasteiger partial charge in [0.05, 0.1) is 12.1 Å². The molecule has 3 rings (SSSR count). The zero-order valence-electron chi connectivity index (χ0n) is 10.9. The molecule has 0 bridgehead atoms. The molecule has 0 aliphatic rings. The summed E-state index contributed by atoms with van der Waals surface area (Å²) >= 11 is 3.23. The average Bonchev–Trinajstić information content (AvgIpc) is 2.47. The normalized spacial score (nSPS) is 10.9. The maximum absolute atomic E-state index is 12.1. The van der Waals surface area contributed by atoms with Crippen LogP contribution in [0.4, 0.5) is 0 Å². The van der Waals surface area contributed by atoms with Gasteiger partial charge in [-0.05, 0) is 46.6 Å². The molecular formula is C15H12BrN3O. The Labute approximate surface area is 124 Å². The number of halogens is 1. The highest BCUT2D eigenvalue weighted by Gasteiger charge is 2.06. The van der Waals surface area contributed by atoms with E-state index in [0.717, 1.165) is 16.5 Å². The molecule has 0 amide bonds. The monoisotopic (exact) mass is 329 g/mol. The number of hydrogen-bond acceptors (Lipinski definition) is 3. The van der Waals surface area contributed by atoms with Gasteiger partial charge in [-0.3, -0.25) is 14.3 Å². The van der Waals surface area contributed by atoms with E-state index in [1.165, 1.54) is 0 Å². The standard InChI is InChI=1S/C15H12BrN3O/c1-10-18-8-13(16)15(20)19(10)9-11-4-5-14-12(7-11)3-2-6-17-14/h2-8H,9H2,1H3. The molecule has 20 heavy (non-hydrogen) atoms. The fraction of sp³-hybridized carbons (Fsp3) is 0.133. The van der Waals surface area contributed by atoms with E-state index < -0.39 is 0 Å². The van der Waals surface area contributed by atoms with Gasteiger partial charge >= 0.3 is 0 Å². The van der Waals surface area contributed by atoms with Gasteiger partial charge in [0.1, 0.15) is 10.3 Å². The van der Waals surface area contributed by atoms with Gasteiger partial charge in [0.15, 0.2) is 0 Å². The van der Waals surface area contributed by atoms with E-state index >= 15 is 0 Å². The van der Waals surface area contributed by atoms with Crippen molar-refractivity contribution in [2.75, 3.05) is 0 Å². The van der Waals surface area contributed by atoms with E-state index in [4.69, 9.17) is 0 Å². The summed E-state index contributed by atoms with van der Waals surface area (Å²) in [4.78, 5) is 20.6. The smallest absolute Gasteiger partial charge is 0.268 e. The molecule has 0 unspecified atom stereocenters. The molecule has 0 radical (unpaired) electrons. The lowest BCUT2D eigenvalue weighted by atomic mass is 10.1. The third-order valence-electron chi connectivity index (χ3n) is 3.21. The number of nitrogens with zero attached hydrogens (tertiary/aromatic N) is 3. The van der Waals surface area contributed by atoms with Crippen LogP contribution in [0.15, 0.2) is 52.0 Å². The highest BCUT2D eigenvalue weighted by molar-refractivity contribution is 9.10. The van der Waals surface area contributed by atoms with Crippen LogP contribution in [-0.4, -0.2) is 14.5 Å². The summed E-state index contributed by atoms with van der Waals surface area (Å²) in [6, 6.07) is 9.93. The van der Waals surface area contributed by atoms with Crippen molar-refractivity contribution in [3.8, 4) is 0 Å². The quantitative estimate of drug-likeness (QED) is 0.726. The highest BCUT2D eigenvalue weighted by atomic mass is 79.9. The summed E-state index contributed by atoms with van der Waals surface area (Å²) in [5.74, 6) is 0.699. The van der Waals surface area contributed by atoms with Crippen LogP contribution >= 0.6 is 15.9 Å². The number of benzene rings is 1. The third-order valence-corrected chi connectivity index (χ3v) is 3.76. The van der Waals surface area contributed by atoms with E-state index in [2.05, 4.69) is 32.0 Å². The number of hydrogen-bond donors (Lipinski definition) is 0. The molecule has 0 saturated carbocycles. The lowest BCUT2D eigenvalue weighted by Crippen LogP contribution is -2.24. The predicted molar refractivity (Wildman–Crippen MR) is 81.8 cm³/mol. The van der Waals surface area contributed by atoms with Crippen LogP contribution in [0.2, 0.25) is 0 Å². The molecule has 0 atom stereocenters. The van der Waals surface area contributed by atoms with Crippen molar-refractivity contribution in [3.05, 3.63) is 68.9 Å². The first-order valence-corrected chi connectivity index (χ1v) is 7.00. The molecular weight excluding hydrogens is 318 g/mol. The topological polar surface area (TPSA) is 47.8 Å².